The summed E-state index contributed by atoms with van der Waals surface area (Å²) in [6, 6.07) is 25.5. The first kappa shape index (κ1) is 20.0. The molecule has 0 unspecified atom stereocenters. The smallest absolute Gasteiger partial charge is 0.0968 e. The van der Waals surface area contributed by atoms with Crippen molar-refractivity contribution in [1.29, 1.82) is 0 Å². The molecule has 2 heteroatoms. The molecule has 0 spiro atoms. The van der Waals surface area contributed by atoms with E-state index < -0.39 is 5.60 Å². The van der Waals surface area contributed by atoms with E-state index in [2.05, 4.69) is 74.5 Å². The number of aryl methyl sites for hydroxylation is 2. The zero-order chi connectivity index (χ0) is 20.3. The van der Waals surface area contributed by atoms with Crippen molar-refractivity contribution in [2.75, 3.05) is 0 Å². The second-order valence-electron chi connectivity index (χ2n) is 8.03. The van der Waals surface area contributed by atoms with Crippen LogP contribution in [0.3, 0.4) is 0 Å². The molecule has 0 fully saturated rings. The maximum absolute atomic E-state index is 10.4. The van der Waals surface area contributed by atoms with Gasteiger partial charge in [0.15, 0.2) is 0 Å². The minimum Gasteiger partial charge on any atom is -0.385 e. The molecule has 0 radical (unpaired) electrons. The predicted molar refractivity (Wildman–Crippen MR) is 119 cm³/mol. The Labute approximate surface area is 168 Å². The summed E-state index contributed by atoms with van der Waals surface area (Å²) < 4.78 is 0. The van der Waals surface area contributed by atoms with E-state index in [0.717, 1.165) is 11.3 Å². The van der Waals surface area contributed by atoms with Crippen molar-refractivity contribution in [2.45, 2.75) is 46.1 Å². The van der Waals surface area contributed by atoms with E-state index in [0.29, 0.717) is 5.71 Å². The summed E-state index contributed by atoms with van der Waals surface area (Å²) in [6.07, 6.45) is 0. The summed E-state index contributed by atoms with van der Waals surface area (Å²) in [5.74, 6) is 0.0781. The fraction of sp³-hybridized carbons (Fsp3) is 0.269. The molecule has 3 rings (SSSR count). The third-order valence-electron chi connectivity index (χ3n) is 5.22. The van der Waals surface area contributed by atoms with Crippen LogP contribution in [0.1, 0.15) is 54.5 Å². The van der Waals surface area contributed by atoms with Gasteiger partial charge in [-0.25, -0.2) is 0 Å². The first-order valence-electron chi connectivity index (χ1n) is 9.76. The van der Waals surface area contributed by atoms with Crippen LogP contribution < -0.4 is 0 Å². The molecule has 0 heterocycles. The second kappa shape index (κ2) is 8.12. The lowest BCUT2D eigenvalue weighted by molar-refractivity contribution is 0.153. The van der Waals surface area contributed by atoms with Gasteiger partial charge in [-0.15, -0.1) is 0 Å². The maximum atomic E-state index is 10.4. The van der Waals surface area contributed by atoms with Gasteiger partial charge in [0.05, 0.1) is 11.3 Å². The molecule has 1 N–H and O–H groups in total. The first-order valence-corrected chi connectivity index (χ1v) is 9.76. The highest BCUT2D eigenvalue weighted by Crippen LogP contribution is 2.40. The molecule has 28 heavy (non-hydrogen) atoms. The zero-order valence-electron chi connectivity index (χ0n) is 17.4. The number of benzene rings is 3. The number of aliphatic hydroxyl groups is 1. The molecule has 0 saturated carbocycles. The Bertz CT molecular complexity index is 927. The predicted octanol–water partition coefficient (Wildman–Crippen LogP) is 6.35. The molecular formula is C26H29NO. The average molecular weight is 372 g/mol. The molecule has 0 aromatic heterocycles. The van der Waals surface area contributed by atoms with Crippen molar-refractivity contribution in [1.82, 2.24) is 0 Å². The Kier molecular flexibility index (Phi) is 5.81. The van der Waals surface area contributed by atoms with Gasteiger partial charge in [0.25, 0.3) is 0 Å². The van der Waals surface area contributed by atoms with Crippen LogP contribution in [0.4, 0.5) is 5.69 Å². The summed E-state index contributed by atoms with van der Waals surface area (Å²) in [6.45, 7) is 9.67. The molecule has 3 aromatic rings. The van der Waals surface area contributed by atoms with Gasteiger partial charge < -0.3 is 5.11 Å². The van der Waals surface area contributed by atoms with Crippen molar-refractivity contribution < 1.29 is 5.11 Å². The SMILES string of the molecule is CC(=Nc1c(C)cc(C)cc1C(c1ccccc1)c1ccccc1)C(C)(C)O. The molecule has 0 atom stereocenters. The summed E-state index contributed by atoms with van der Waals surface area (Å²) >= 11 is 0. The van der Waals surface area contributed by atoms with E-state index in [9.17, 15) is 5.11 Å². The number of nitrogens with zero attached hydrogens (tertiary/aromatic N) is 1. The Balaban J connectivity index is 2.29. The van der Waals surface area contributed by atoms with Crippen LogP contribution >= 0.6 is 0 Å². The largest absolute Gasteiger partial charge is 0.385 e. The van der Waals surface area contributed by atoms with Gasteiger partial charge >= 0.3 is 0 Å². The van der Waals surface area contributed by atoms with Gasteiger partial charge in [0, 0.05) is 11.6 Å². The average Bonchev–Trinajstić information content (AvgIpc) is 2.65. The van der Waals surface area contributed by atoms with E-state index in [4.69, 9.17) is 4.99 Å². The molecule has 2 nitrogen and oxygen atoms in total. The number of hydrogen-bond acceptors (Lipinski definition) is 2. The van der Waals surface area contributed by atoms with E-state index in [1.54, 1.807) is 13.8 Å². The number of hydrogen-bond donors (Lipinski definition) is 1. The monoisotopic (exact) mass is 371 g/mol. The Morgan fingerprint density at radius 1 is 0.857 bits per heavy atom. The van der Waals surface area contributed by atoms with Crippen LogP contribution in [0.2, 0.25) is 0 Å². The normalized spacial score (nSPS) is 12.5. The van der Waals surface area contributed by atoms with E-state index in [1.165, 1.54) is 22.3 Å². The van der Waals surface area contributed by atoms with Crippen LogP contribution in [0.15, 0.2) is 77.8 Å². The highest BCUT2D eigenvalue weighted by molar-refractivity contribution is 5.92. The van der Waals surface area contributed by atoms with Gasteiger partial charge in [-0.05, 0) is 56.9 Å². The van der Waals surface area contributed by atoms with Gasteiger partial charge in [0.2, 0.25) is 0 Å². The highest BCUT2D eigenvalue weighted by atomic mass is 16.3. The lowest BCUT2D eigenvalue weighted by Crippen LogP contribution is -2.28. The maximum Gasteiger partial charge on any atom is 0.0968 e. The lowest BCUT2D eigenvalue weighted by Gasteiger charge is -2.24. The van der Waals surface area contributed by atoms with Gasteiger partial charge in [-0.1, -0.05) is 78.4 Å². The number of aliphatic imine (C=N–C) groups is 1. The molecular weight excluding hydrogens is 342 g/mol. The van der Waals surface area contributed by atoms with Crippen molar-refractivity contribution in [2.24, 2.45) is 4.99 Å². The van der Waals surface area contributed by atoms with Crippen LogP contribution in [0, 0.1) is 13.8 Å². The fourth-order valence-electron chi connectivity index (χ4n) is 3.51. The van der Waals surface area contributed by atoms with E-state index in [-0.39, 0.29) is 5.92 Å². The molecule has 0 bridgehead atoms. The first-order chi connectivity index (χ1) is 13.3. The molecule has 0 aliphatic rings. The van der Waals surface area contributed by atoms with Crippen LogP contribution in [-0.2, 0) is 0 Å². The van der Waals surface area contributed by atoms with E-state index in [1.807, 2.05) is 19.1 Å². The van der Waals surface area contributed by atoms with Crippen molar-refractivity contribution in [3.05, 3.63) is 101 Å². The molecule has 0 saturated heterocycles. The summed E-state index contributed by atoms with van der Waals surface area (Å²) in [5.41, 5.74) is 6.66. The topological polar surface area (TPSA) is 32.6 Å². The zero-order valence-corrected chi connectivity index (χ0v) is 17.4. The highest BCUT2D eigenvalue weighted by Gasteiger charge is 2.23. The molecule has 0 amide bonds. The minimum absolute atomic E-state index is 0.0781. The molecule has 144 valence electrons. The Hall–Kier alpha value is -2.71. The summed E-state index contributed by atoms with van der Waals surface area (Å²) in [7, 11) is 0. The third kappa shape index (κ3) is 4.40. The molecule has 0 aliphatic carbocycles. The minimum atomic E-state index is -0.955. The van der Waals surface area contributed by atoms with Gasteiger partial charge in [-0.2, -0.15) is 0 Å². The van der Waals surface area contributed by atoms with Crippen molar-refractivity contribution >= 4 is 11.4 Å². The molecule has 0 aliphatic heterocycles. The van der Waals surface area contributed by atoms with Crippen LogP contribution in [0.25, 0.3) is 0 Å². The molecule has 3 aromatic carbocycles. The van der Waals surface area contributed by atoms with Crippen LogP contribution in [0.5, 0.6) is 0 Å². The second-order valence-corrected chi connectivity index (χ2v) is 8.03. The quantitative estimate of drug-likeness (QED) is 0.411. The van der Waals surface area contributed by atoms with Crippen LogP contribution in [-0.4, -0.2) is 16.4 Å². The Morgan fingerprint density at radius 2 is 1.36 bits per heavy atom. The summed E-state index contributed by atoms with van der Waals surface area (Å²) in [4.78, 5) is 4.91. The lowest BCUT2D eigenvalue weighted by atomic mass is 9.82. The van der Waals surface area contributed by atoms with Crippen molar-refractivity contribution in [3.8, 4) is 0 Å². The van der Waals surface area contributed by atoms with Crippen molar-refractivity contribution in [3.63, 3.8) is 0 Å². The number of rotatable bonds is 5. The third-order valence-corrected chi connectivity index (χ3v) is 5.22. The van der Waals surface area contributed by atoms with E-state index >= 15 is 0 Å². The Morgan fingerprint density at radius 3 is 1.82 bits per heavy atom. The fourth-order valence-corrected chi connectivity index (χ4v) is 3.51. The van der Waals surface area contributed by atoms with Gasteiger partial charge in [-0.3, -0.25) is 4.99 Å². The van der Waals surface area contributed by atoms with Gasteiger partial charge in [0.1, 0.15) is 0 Å². The standard InChI is InChI=1S/C26H29NO/c1-18-16-19(2)25(27-20(3)26(4,5)28)23(17-18)24(21-12-8-6-9-13-21)22-14-10-7-11-15-22/h6-17,24,28H,1-5H3. The summed E-state index contributed by atoms with van der Waals surface area (Å²) in [5, 5.41) is 10.4.